The second-order valence-electron chi connectivity index (χ2n) is 6.66. The molecule has 1 unspecified atom stereocenters. The van der Waals surface area contributed by atoms with E-state index in [2.05, 4.69) is 10.1 Å². The van der Waals surface area contributed by atoms with E-state index in [9.17, 15) is 18.4 Å². The molecule has 1 aliphatic rings. The molecule has 1 aliphatic heterocycles. The van der Waals surface area contributed by atoms with Crippen LogP contribution in [0.4, 0.5) is 14.5 Å². The number of likely N-dealkylation sites (tertiary alicyclic amines) is 1. The van der Waals surface area contributed by atoms with Crippen molar-refractivity contribution in [1.29, 1.82) is 0 Å². The molecule has 0 spiro atoms. The van der Waals surface area contributed by atoms with Crippen LogP contribution >= 0.6 is 0 Å². The molecular weight excluding hydrogens is 382 g/mol. The summed E-state index contributed by atoms with van der Waals surface area (Å²) in [7, 11) is 1.31. The summed E-state index contributed by atoms with van der Waals surface area (Å²) in [6.07, 6.45) is 1.27. The normalized spacial score (nSPS) is 16.4. The van der Waals surface area contributed by atoms with Gasteiger partial charge in [-0.15, -0.1) is 0 Å². The first-order valence-electron chi connectivity index (χ1n) is 9.26. The summed E-state index contributed by atoms with van der Waals surface area (Å²) in [5.74, 6) is -1.30. The summed E-state index contributed by atoms with van der Waals surface area (Å²) < 4.78 is 35.3. The summed E-state index contributed by atoms with van der Waals surface area (Å²) in [4.78, 5) is 27.1. The first-order chi connectivity index (χ1) is 14.0. The van der Waals surface area contributed by atoms with Crippen molar-refractivity contribution in [1.82, 2.24) is 4.90 Å². The number of rotatable bonds is 6. The predicted octanol–water partition coefficient (Wildman–Crippen LogP) is 3.79. The van der Waals surface area contributed by atoms with Crippen molar-refractivity contribution in [3.63, 3.8) is 0 Å². The van der Waals surface area contributed by atoms with Gasteiger partial charge in [0.05, 0.1) is 18.6 Å². The van der Waals surface area contributed by atoms with Gasteiger partial charge in [-0.05, 0) is 37.1 Å². The third kappa shape index (κ3) is 5.01. The van der Waals surface area contributed by atoms with Gasteiger partial charge in [0.1, 0.15) is 0 Å². The topological polar surface area (TPSA) is 67.9 Å². The molecule has 2 aromatic carbocycles. The molecule has 6 nitrogen and oxygen atoms in total. The van der Waals surface area contributed by atoms with Gasteiger partial charge in [0, 0.05) is 18.8 Å². The second-order valence-corrected chi connectivity index (χ2v) is 6.66. The number of hydrogen-bond acceptors (Lipinski definition) is 4. The van der Waals surface area contributed by atoms with Gasteiger partial charge in [0.2, 0.25) is 5.91 Å². The fourth-order valence-corrected chi connectivity index (χ4v) is 3.37. The van der Waals surface area contributed by atoms with Gasteiger partial charge in [-0.2, -0.15) is 8.78 Å². The SMILES string of the molecule is COc1cccc(C(=O)N2CCCC(C(=O)Nc3ccccc3)C2)c1OC(F)F. The van der Waals surface area contributed by atoms with Crippen LogP contribution in [0.25, 0.3) is 0 Å². The van der Waals surface area contributed by atoms with Crippen molar-refractivity contribution in [3.8, 4) is 11.5 Å². The van der Waals surface area contributed by atoms with E-state index in [0.717, 1.165) is 0 Å². The van der Waals surface area contributed by atoms with Gasteiger partial charge in [-0.1, -0.05) is 24.3 Å². The number of piperidine rings is 1. The monoisotopic (exact) mass is 404 g/mol. The number of methoxy groups -OCH3 is 1. The first kappa shape index (κ1) is 20.6. The minimum atomic E-state index is -3.09. The maximum absolute atomic E-state index is 13.0. The number of carbonyl (C=O) groups is 2. The molecule has 29 heavy (non-hydrogen) atoms. The van der Waals surface area contributed by atoms with Crippen LogP contribution in [-0.2, 0) is 4.79 Å². The Bertz CT molecular complexity index is 861. The van der Waals surface area contributed by atoms with Gasteiger partial charge in [0.25, 0.3) is 5.91 Å². The van der Waals surface area contributed by atoms with Crippen molar-refractivity contribution >= 4 is 17.5 Å². The number of para-hydroxylation sites is 2. The number of carbonyl (C=O) groups excluding carboxylic acids is 2. The maximum Gasteiger partial charge on any atom is 0.387 e. The third-order valence-electron chi connectivity index (χ3n) is 4.76. The van der Waals surface area contributed by atoms with Gasteiger partial charge >= 0.3 is 6.61 Å². The number of halogens is 2. The third-order valence-corrected chi connectivity index (χ3v) is 4.76. The van der Waals surface area contributed by atoms with Crippen LogP contribution in [-0.4, -0.2) is 43.5 Å². The lowest BCUT2D eigenvalue weighted by Gasteiger charge is -2.32. The number of hydrogen-bond donors (Lipinski definition) is 1. The number of anilines is 1. The average molecular weight is 404 g/mol. The molecule has 1 fully saturated rings. The Labute approximate surface area is 167 Å². The van der Waals surface area contributed by atoms with Crippen molar-refractivity contribution < 1.29 is 27.8 Å². The largest absolute Gasteiger partial charge is 0.493 e. The summed E-state index contributed by atoms with van der Waals surface area (Å²) >= 11 is 0. The zero-order valence-corrected chi connectivity index (χ0v) is 15.9. The average Bonchev–Trinajstić information content (AvgIpc) is 2.74. The van der Waals surface area contributed by atoms with Crippen molar-refractivity contribution in [2.24, 2.45) is 5.92 Å². The highest BCUT2D eigenvalue weighted by Crippen LogP contribution is 2.34. The van der Waals surface area contributed by atoms with Crippen LogP contribution in [0.2, 0.25) is 0 Å². The molecule has 0 radical (unpaired) electrons. The summed E-state index contributed by atoms with van der Waals surface area (Å²) in [6, 6.07) is 13.5. The Hall–Kier alpha value is -3.16. The van der Waals surface area contributed by atoms with Gasteiger partial charge < -0.3 is 19.7 Å². The Morgan fingerprint density at radius 1 is 1.14 bits per heavy atom. The second kappa shape index (κ2) is 9.36. The molecule has 1 N–H and O–H groups in total. The standard InChI is InChI=1S/C21H22F2N2O4/c1-28-17-11-5-10-16(18(17)29-21(22)23)20(27)25-12-6-7-14(13-25)19(26)24-15-8-3-2-4-9-15/h2-5,8-11,14,21H,6-7,12-13H2,1H3,(H,24,26). The molecule has 2 aromatic rings. The minimum Gasteiger partial charge on any atom is -0.493 e. The van der Waals surface area contributed by atoms with E-state index in [1.54, 1.807) is 12.1 Å². The van der Waals surface area contributed by atoms with E-state index in [0.29, 0.717) is 25.1 Å². The van der Waals surface area contributed by atoms with Crippen LogP contribution in [0.5, 0.6) is 11.5 Å². The molecule has 1 heterocycles. The van der Waals surface area contributed by atoms with E-state index in [1.165, 1.54) is 30.2 Å². The summed E-state index contributed by atoms with van der Waals surface area (Å²) in [5.41, 5.74) is 0.662. The summed E-state index contributed by atoms with van der Waals surface area (Å²) in [5, 5.41) is 2.85. The Morgan fingerprint density at radius 2 is 1.90 bits per heavy atom. The van der Waals surface area contributed by atoms with Crippen LogP contribution in [0.1, 0.15) is 23.2 Å². The highest BCUT2D eigenvalue weighted by atomic mass is 19.3. The zero-order chi connectivity index (χ0) is 20.8. The van der Waals surface area contributed by atoms with Crippen LogP contribution < -0.4 is 14.8 Å². The molecule has 2 amide bonds. The fourth-order valence-electron chi connectivity index (χ4n) is 3.37. The lowest BCUT2D eigenvalue weighted by molar-refractivity contribution is -0.121. The van der Waals surface area contributed by atoms with Crippen LogP contribution in [0, 0.1) is 5.92 Å². The van der Waals surface area contributed by atoms with E-state index in [4.69, 9.17) is 4.74 Å². The molecule has 0 aliphatic carbocycles. The van der Waals surface area contributed by atoms with E-state index in [1.807, 2.05) is 18.2 Å². The van der Waals surface area contributed by atoms with Crippen molar-refractivity contribution in [2.75, 3.05) is 25.5 Å². The molecule has 8 heteroatoms. The van der Waals surface area contributed by atoms with E-state index >= 15 is 0 Å². The smallest absolute Gasteiger partial charge is 0.387 e. The van der Waals surface area contributed by atoms with E-state index < -0.39 is 18.4 Å². The highest BCUT2D eigenvalue weighted by Gasteiger charge is 2.31. The molecule has 0 saturated carbocycles. The molecule has 3 rings (SSSR count). The van der Waals surface area contributed by atoms with Crippen molar-refractivity contribution in [2.45, 2.75) is 19.5 Å². The maximum atomic E-state index is 13.0. The molecule has 0 aromatic heterocycles. The molecular formula is C21H22F2N2O4. The zero-order valence-electron chi connectivity index (χ0n) is 15.9. The fraction of sp³-hybridized carbons (Fsp3) is 0.333. The minimum absolute atomic E-state index is 0.0197. The van der Waals surface area contributed by atoms with Gasteiger partial charge in [-0.25, -0.2) is 0 Å². The molecule has 1 atom stereocenters. The number of nitrogens with zero attached hydrogens (tertiary/aromatic N) is 1. The van der Waals surface area contributed by atoms with Crippen LogP contribution in [0.3, 0.4) is 0 Å². The molecule has 154 valence electrons. The van der Waals surface area contributed by atoms with Gasteiger partial charge in [-0.3, -0.25) is 9.59 Å². The quantitative estimate of drug-likeness (QED) is 0.796. The number of benzene rings is 2. The predicted molar refractivity (Wildman–Crippen MR) is 103 cm³/mol. The summed E-state index contributed by atoms with van der Waals surface area (Å²) in [6.45, 7) is -2.47. The Kier molecular flexibility index (Phi) is 6.64. The lowest BCUT2D eigenvalue weighted by atomic mass is 9.96. The highest BCUT2D eigenvalue weighted by molar-refractivity contribution is 5.99. The number of alkyl halides is 2. The van der Waals surface area contributed by atoms with Crippen molar-refractivity contribution in [3.05, 3.63) is 54.1 Å². The number of amides is 2. The van der Waals surface area contributed by atoms with Gasteiger partial charge in [0.15, 0.2) is 11.5 Å². The Balaban J connectivity index is 1.75. The van der Waals surface area contributed by atoms with E-state index in [-0.39, 0.29) is 29.5 Å². The lowest BCUT2D eigenvalue weighted by Crippen LogP contribution is -2.43. The molecule has 1 saturated heterocycles. The number of ether oxygens (including phenoxy) is 2. The number of nitrogens with one attached hydrogen (secondary N) is 1. The first-order valence-corrected chi connectivity index (χ1v) is 9.26. The molecule has 0 bridgehead atoms. The Morgan fingerprint density at radius 3 is 2.59 bits per heavy atom. The van der Waals surface area contributed by atoms with Crippen LogP contribution in [0.15, 0.2) is 48.5 Å².